The van der Waals surface area contributed by atoms with Gasteiger partial charge in [0.05, 0.1) is 5.69 Å². The van der Waals surface area contributed by atoms with E-state index in [2.05, 4.69) is 5.32 Å². The predicted molar refractivity (Wildman–Crippen MR) is 82.3 cm³/mol. The molecule has 0 aromatic heterocycles. The van der Waals surface area contributed by atoms with E-state index in [1.165, 1.54) is 6.92 Å². The Hall–Kier alpha value is -2.33. The van der Waals surface area contributed by atoms with Crippen LogP contribution >= 0.6 is 0 Å². The van der Waals surface area contributed by atoms with Gasteiger partial charge < -0.3 is 15.2 Å². The number of aliphatic hydroxyl groups is 1. The highest BCUT2D eigenvalue weighted by atomic mass is 16.5. The van der Waals surface area contributed by atoms with Gasteiger partial charge in [0.1, 0.15) is 18.5 Å². The lowest BCUT2D eigenvalue weighted by Crippen LogP contribution is -2.24. The molecule has 1 unspecified atom stereocenters. The SMILES string of the molecule is Cc1ccc(OCc2ccccc2)c(NC(=O)C(C)O)c1. The third-order valence-corrected chi connectivity index (χ3v) is 3.01. The number of aliphatic hydroxyl groups excluding tert-OH is 1. The van der Waals surface area contributed by atoms with Crippen LogP contribution in [0.2, 0.25) is 0 Å². The lowest BCUT2D eigenvalue weighted by molar-refractivity contribution is -0.123. The topological polar surface area (TPSA) is 58.6 Å². The first kappa shape index (κ1) is 15.1. The molecule has 0 bridgehead atoms. The maximum atomic E-state index is 11.6. The highest BCUT2D eigenvalue weighted by Crippen LogP contribution is 2.26. The number of nitrogens with one attached hydrogen (secondary N) is 1. The molecular weight excluding hydrogens is 266 g/mol. The molecule has 2 aromatic rings. The van der Waals surface area contributed by atoms with Gasteiger partial charge in [0, 0.05) is 0 Å². The fraction of sp³-hybridized carbons (Fsp3) is 0.235. The summed E-state index contributed by atoms with van der Waals surface area (Å²) in [5, 5.41) is 12.0. The molecule has 1 atom stereocenters. The molecule has 110 valence electrons. The molecule has 0 aliphatic heterocycles. The van der Waals surface area contributed by atoms with Crippen LogP contribution in [-0.2, 0) is 11.4 Å². The molecule has 21 heavy (non-hydrogen) atoms. The number of carbonyl (C=O) groups is 1. The minimum Gasteiger partial charge on any atom is -0.487 e. The first-order valence-electron chi connectivity index (χ1n) is 6.82. The van der Waals surface area contributed by atoms with Crippen LogP contribution in [0.25, 0.3) is 0 Å². The molecular formula is C17H19NO3. The quantitative estimate of drug-likeness (QED) is 0.888. The Morgan fingerprint density at radius 3 is 2.62 bits per heavy atom. The second-order valence-electron chi connectivity index (χ2n) is 4.94. The molecule has 0 spiro atoms. The average molecular weight is 285 g/mol. The molecule has 4 heteroatoms. The number of benzene rings is 2. The van der Waals surface area contributed by atoms with Crippen molar-refractivity contribution in [1.29, 1.82) is 0 Å². The number of hydrogen-bond donors (Lipinski definition) is 2. The highest BCUT2D eigenvalue weighted by molar-refractivity contribution is 5.95. The van der Waals surface area contributed by atoms with E-state index >= 15 is 0 Å². The van der Waals surface area contributed by atoms with Gasteiger partial charge in [0.2, 0.25) is 0 Å². The fourth-order valence-corrected chi connectivity index (χ4v) is 1.84. The van der Waals surface area contributed by atoms with Crippen LogP contribution < -0.4 is 10.1 Å². The van der Waals surface area contributed by atoms with Crippen LogP contribution in [0.15, 0.2) is 48.5 Å². The first-order chi connectivity index (χ1) is 10.1. The number of carbonyl (C=O) groups excluding carboxylic acids is 1. The Balaban J connectivity index is 2.13. The molecule has 0 fully saturated rings. The predicted octanol–water partition coefficient (Wildman–Crippen LogP) is 2.89. The molecule has 2 N–H and O–H groups in total. The van der Waals surface area contributed by atoms with Crippen LogP contribution in [0.5, 0.6) is 5.75 Å². The maximum absolute atomic E-state index is 11.6. The van der Waals surface area contributed by atoms with Gasteiger partial charge in [0.15, 0.2) is 0 Å². The summed E-state index contributed by atoms with van der Waals surface area (Å²) < 4.78 is 5.76. The maximum Gasteiger partial charge on any atom is 0.253 e. The largest absolute Gasteiger partial charge is 0.487 e. The fourth-order valence-electron chi connectivity index (χ4n) is 1.84. The van der Waals surface area contributed by atoms with E-state index < -0.39 is 12.0 Å². The van der Waals surface area contributed by atoms with Crippen LogP contribution in [0, 0.1) is 6.92 Å². The number of hydrogen-bond acceptors (Lipinski definition) is 3. The summed E-state index contributed by atoms with van der Waals surface area (Å²) in [6.45, 7) is 3.77. The summed E-state index contributed by atoms with van der Waals surface area (Å²) >= 11 is 0. The lowest BCUT2D eigenvalue weighted by atomic mass is 10.2. The second-order valence-corrected chi connectivity index (χ2v) is 4.94. The molecule has 4 nitrogen and oxygen atoms in total. The van der Waals surface area contributed by atoms with Gasteiger partial charge in [-0.3, -0.25) is 4.79 Å². The number of aryl methyl sites for hydroxylation is 1. The normalized spacial score (nSPS) is 11.8. The number of anilines is 1. The van der Waals surface area contributed by atoms with E-state index in [0.717, 1.165) is 11.1 Å². The monoisotopic (exact) mass is 285 g/mol. The Morgan fingerprint density at radius 2 is 1.95 bits per heavy atom. The van der Waals surface area contributed by atoms with Gasteiger partial charge in [0.25, 0.3) is 5.91 Å². The Morgan fingerprint density at radius 1 is 1.24 bits per heavy atom. The third kappa shape index (κ3) is 4.33. The first-order valence-corrected chi connectivity index (χ1v) is 6.82. The van der Waals surface area contributed by atoms with Crippen LogP contribution in [0.1, 0.15) is 18.1 Å². The number of ether oxygens (including phenoxy) is 1. The molecule has 0 radical (unpaired) electrons. The van der Waals surface area contributed by atoms with E-state index in [4.69, 9.17) is 4.74 Å². The van der Waals surface area contributed by atoms with Gasteiger partial charge >= 0.3 is 0 Å². The van der Waals surface area contributed by atoms with E-state index in [1.807, 2.05) is 55.5 Å². The Kier molecular flexibility index (Phi) is 4.95. The van der Waals surface area contributed by atoms with Crippen molar-refractivity contribution >= 4 is 11.6 Å². The van der Waals surface area contributed by atoms with Gasteiger partial charge in [-0.05, 0) is 37.1 Å². The van der Waals surface area contributed by atoms with Crippen LogP contribution in [0.3, 0.4) is 0 Å². The van der Waals surface area contributed by atoms with E-state index in [-0.39, 0.29) is 0 Å². The smallest absolute Gasteiger partial charge is 0.253 e. The molecule has 1 amide bonds. The zero-order chi connectivity index (χ0) is 15.2. The second kappa shape index (κ2) is 6.90. The summed E-state index contributed by atoms with van der Waals surface area (Å²) in [6.07, 6.45) is -1.06. The van der Waals surface area contributed by atoms with E-state index in [1.54, 1.807) is 0 Å². The molecule has 2 rings (SSSR count). The molecule has 2 aromatic carbocycles. The van der Waals surface area contributed by atoms with Crippen molar-refractivity contribution in [3.05, 3.63) is 59.7 Å². The summed E-state index contributed by atoms with van der Waals surface area (Å²) in [6, 6.07) is 15.3. The van der Waals surface area contributed by atoms with Gasteiger partial charge in [-0.1, -0.05) is 36.4 Å². The number of amides is 1. The summed E-state index contributed by atoms with van der Waals surface area (Å²) in [5.74, 6) is 0.128. The van der Waals surface area contributed by atoms with Crippen molar-refractivity contribution in [2.45, 2.75) is 26.6 Å². The van der Waals surface area contributed by atoms with Crippen LogP contribution in [0.4, 0.5) is 5.69 Å². The highest BCUT2D eigenvalue weighted by Gasteiger charge is 2.12. The van der Waals surface area contributed by atoms with Crippen molar-refractivity contribution in [1.82, 2.24) is 0 Å². The molecule has 0 saturated heterocycles. The minimum absolute atomic E-state index is 0.418. The van der Waals surface area contributed by atoms with Gasteiger partial charge in [-0.15, -0.1) is 0 Å². The third-order valence-electron chi connectivity index (χ3n) is 3.01. The van der Waals surface area contributed by atoms with E-state index in [0.29, 0.717) is 18.0 Å². The van der Waals surface area contributed by atoms with Crippen LogP contribution in [-0.4, -0.2) is 17.1 Å². The van der Waals surface area contributed by atoms with Crippen molar-refractivity contribution in [2.75, 3.05) is 5.32 Å². The van der Waals surface area contributed by atoms with Gasteiger partial charge in [-0.25, -0.2) is 0 Å². The average Bonchev–Trinajstić information content (AvgIpc) is 2.47. The standard InChI is InChI=1S/C17H19NO3/c1-12-8-9-16(15(10-12)18-17(20)13(2)19)21-11-14-6-4-3-5-7-14/h3-10,13,19H,11H2,1-2H3,(H,18,20). The molecule has 0 heterocycles. The summed E-state index contributed by atoms with van der Waals surface area (Å²) in [4.78, 5) is 11.6. The molecule has 0 aliphatic rings. The number of rotatable bonds is 5. The van der Waals surface area contributed by atoms with Crippen molar-refractivity contribution < 1.29 is 14.6 Å². The lowest BCUT2D eigenvalue weighted by Gasteiger charge is -2.14. The minimum atomic E-state index is -1.06. The summed E-state index contributed by atoms with van der Waals surface area (Å²) in [5.41, 5.74) is 2.62. The van der Waals surface area contributed by atoms with Crippen molar-refractivity contribution in [3.63, 3.8) is 0 Å². The Bertz CT molecular complexity index is 609. The molecule has 0 aliphatic carbocycles. The zero-order valence-corrected chi connectivity index (χ0v) is 12.2. The zero-order valence-electron chi connectivity index (χ0n) is 12.2. The summed E-state index contributed by atoms with van der Waals surface area (Å²) in [7, 11) is 0. The van der Waals surface area contributed by atoms with Crippen molar-refractivity contribution in [3.8, 4) is 5.75 Å². The van der Waals surface area contributed by atoms with Gasteiger partial charge in [-0.2, -0.15) is 0 Å². The molecule has 0 saturated carbocycles. The van der Waals surface area contributed by atoms with Crippen molar-refractivity contribution in [2.24, 2.45) is 0 Å². The Labute approximate surface area is 124 Å². The van der Waals surface area contributed by atoms with E-state index in [9.17, 15) is 9.90 Å².